The maximum absolute atomic E-state index is 11.4. The molecular weight excluding hydrogens is 206 g/mol. The number of aliphatic carboxylic acids is 1. The van der Waals surface area contributed by atoms with Gasteiger partial charge >= 0.3 is 5.97 Å². The van der Waals surface area contributed by atoms with E-state index in [9.17, 15) is 15.0 Å². The van der Waals surface area contributed by atoms with E-state index in [-0.39, 0.29) is 12.1 Å². The van der Waals surface area contributed by atoms with E-state index >= 15 is 0 Å². The molecule has 2 aliphatic heterocycles. The molecule has 90 valence electrons. The van der Waals surface area contributed by atoms with Gasteiger partial charge in [-0.3, -0.25) is 9.69 Å². The Balaban J connectivity index is 1.80. The van der Waals surface area contributed by atoms with Gasteiger partial charge in [0.1, 0.15) is 6.04 Å². The zero-order valence-corrected chi connectivity index (χ0v) is 9.38. The second kappa shape index (κ2) is 3.70. The number of fused-ring (bicyclic) bond motifs is 2. The number of aliphatic hydroxyl groups excluding tert-OH is 1. The largest absolute Gasteiger partial charge is 0.480 e. The smallest absolute Gasteiger partial charge is 0.321 e. The summed E-state index contributed by atoms with van der Waals surface area (Å²) in [5.74, 6) is -0.286. The van der Waals surface area contributed by atoms with E-state index in [1.807, 2.05) is 0 Å². The van der Waals surface area contributed by atoms with Crippen LogP contribution in [0.15, 0.2) is 0 Å². The number of hydrogen-bond acceptors (Lipinski definition) is 3. The lowest BCUT2D eigenvalue weighted by molar-refractivity contribution is -0.147. The fourth-order valence-corrected chi connectivity index (χ4v) is 3.62. The molecule has 1 aliphatic carbocycles. The summed E-state index contributed by atoms with van der Waals surface area (Å²) in [6, 6.07) is 0.357. The first-order valence-corrected chi connectivity index (χ1v) is 6.35. The lowest BCUT2D eigenvalue weighted by Gasteiger charge is -2.40. The molecule has 0 aromatic heterocycles. The van der Waals surface area contributed by atoms with Gasteiger partial charge in [-0.25, -0.2) is 0 Å². The van der Waals surface area contributed by atoms with E-state index in [2.05, 4.69) is 4.90 Å². The third-order valence-electron chi connectivity index (χ3n) is 4.41. The predicted molar refractivity (Wildman–Crippen MR) is 58.0 cm³/mol. The minimum Gasteiger partial charge on any atom is -0.480 e. The van der Waals surface area contributed by atoms with Gasteiger partial charge in [-0.05, 0) is 44.4 Å². The van der Waals surface area contributed by atoms with Crippen molar-refractivity contribution >= 4 is 5.97 Å². The summed E-state index contributed by atoms with van der Waals surface area (Å²) in [5, 5.41) is 19.1. The molecule has 2 bridgehead atoms. The summed E-state index contributed by atoms with van der Waals surface area (Å²) < 4.78 is 0. The number of aliphatic hydroxyl groups is 1. The minimum absolute atomic E-state index is 0.206. The maximum Gasteiger partial charge on any atom is 0.321 e. The lowest BCUT2D eigenvalue weighted by Crippen LogP contribution is -2.53. The summed E-state index contributed by atoms with van der Waals surface area (Å²) in [6.45, 7) is 0. The molecule has 2 heterocycles. The molecule has 16 heavy (non-hydrogen) atoms. The normalized spacial score (nSPS) is 40.9. The fraction of sp³-hybridized carbons (Fsp3) is 0.917. The van der Waals surface area contributed by atoms with Crippen molar-refractivity contribution in [3.63, 3.8) is 0 Å². The van der Waals surface area contributed by atoms with E-state index in [0.29, 0.717) is 18.0 Å². The standard InChI is InChI=1S/C12H19NO3/c14-10-5-8-3-4-9(6-10)13(8)11(12(15)16)7-1-2-7/h7-11,14H,1-6H2,(H,15,16). The number of carboxylic acids is 1. The molecule has 1 saturated carbocycles. The molecule has 3 atom stereocenters. The molecular formula is C12H19NO3. The van der Waals surface area contributed by atoms with Gasteiger partial charge in [0.25, 0.3) is 0 Å². The number of carbonyl (C=O) groups is 1. The number of piperidine rings is 1. The monoisotopic (exact) mass is 225 g/mol. The molecule has 2 N–H and O–H groups in total. The van der Waals surface area contributed by atoms with Gasteiger partial charge in [0.15, 0.2) is 0 Å². The van der Waals surface area contributed by atoms with Gasteiger partial charge in [0.2, 0.25) is 0 Å². The van der Waals surface area contributed by atoms with Crippen LogP contribution in [-0.2, 0) is 4.79 Å². The van der Waals surface area contributed by atoms with Crippen LogP contribution in [0.5, 0.6) is 0 Å². The Kier molecular flexibility index (Phi) is 2.44. The highest BCUT2D eigenvalue weighted by molar-refractivity contribution is 5.74. The van der Waals surface area contributed by atoms with Crippen molar-refractivity contribution in [3.05, 3.63) is 0 Å². The number of hydrogen-bond donors (Lipinski definition) is 2. The molecule has 0 spiro atoms. The van der Waals surface area contributed by atoms with Crippen LogP contribution in [0.3, 0.4) is 0 Å². The van der Waals surface area contributed by atoms with Gasteiger partial charge in [-0.15, -0.1) is 0 Å². The number of nitrogens with zero attached hydrogens (tertiary/aromatic N) is 1. The van der Waals surface area contributed by atoms with Gasteiger partial charge in [-0.2, -0.15) is 0 Å². The first-order chi connectivity index (χ1) is 7.66. The van der Waals surface area contributed by atoms with Crippen LogP contribution in [0, 0.1) is 5.92 Å². The number of rotatable bonds is 3. The minimum atomic E-state index is -0.657. The van der Waals surface area contributed by atoms with E-state index in [1.165, 1.54) is 0 Å². The molecule has 2 saturated heterocycles. The van der Waals surface area contributed by atoms with Crippen molar-refractivity contribution in [3.8, 4) is 0 Å². The van der Waals surface area contributed by atoms with Crippen LogP contribution in [0.1, 0.15) is 38.5 Å². The molecule has 4 heteroatoms. The topological polar surface area (TPSA) is 60.8 Å². The third kappa shape index (κ3) is 1.64. The summed E-state index contributed by atoms with van der Waals surface area (Å²) >= 11 is 0. The predicted octanol–water partition coefficient (Wildman–Crippen LogP) is 0.837. The van der Waals surface area contributed by atoms with Gasteiger partial charge in [-0.1, -0.05) is 0 Å². The lowest BCUT2D eigenvalue weighted by atomic mass is 9.96. The molecule has 0 aromatic rings. The van der Waals surface area contributed by atoms with Crippen LogP contribution in [0.2, 0.25) is 0 Å². The van der Waals surface area contributed by atoms with E-state index in [1.54, 1.807) is 0 Å². The van der Waals surface area contributed by atoms with Gasteiger partial charge in [0, 0.05) is 12.1 Å². The van der Waals surface area contributed by atoms with E-state index < -0.39 is 5.97 Å². The van der Waals surface area contributed by atoms with Crippen molar-refractivity contribution in [2.24, 2.45) is 5.92 Å². The van der Waals surface area contributed by atoms with Crippen molar-refractivity contribution in [2.45, 2.75) is 62.8 Å². The van der Waals surface area contributed by atoms with E-state index in [4.69, 9.17) is 0 Å². The molecule has 0 aromatic carbocycles. The first-order valence-electron chi connectivity index (χ1n) is 6.35. The summed E-state index contributed by atoms with van der Waals surface area (Å²) in [4.78, 5) is 13.6. The van der Waals surface area contributed by atoms with Gasteiger partial charge in [0.05, 0.1) is 6.10 Å². The molecule has 0 amide bonds. The summed E-state index contributed by atoms with van der Waals surface area (Å²) in [6.07, 6.45) is 5.60. The molecule has 4 nitrogen and oxygen atoms in total. The van der Waals surface area contributed by atoms with Crippen LogP contribution >= 0.6 is 0 Å². The molecule has 3 unspecified atom stereocenters. The average molecular weight is 225 g/mol. The Morgan fingerprint density at radius 3 is 2.12 bits per heavy atom. The Labute approximate surface area is 95.2 Å². The Morgan fingerprint density at radius 1 is 1.12 bits per heavy atom. The Morgan fingerprint density at radius 2 is 1.69 bits per heavy atom. The van der Waals surface area contributed by atoms with Crippen molar-refractivity contribution in [2.75, 3.05) is 0 Å². The molecule has 3 aliphatic rings. The molecule has 3 fully saturated rings. The van der Waals surface area contributed by atoms with Crippen molar-refractivity contribution < 1.29 is 15.0 Å². The quantitative estimate of drug-likeness (QED) is 0.747. The average Bonchev–Trinajstić information content (AvgIpc) is 2.97. The highest BCUT2D eigenvalue weighted by Gasteiger charge is 2.50. The van der Waals surface area contributed by atoms with Crippen LogP contribution in [0.25, 0.3) is 0 Å². The molecule has 0 radical (unpaired) electrons. The zero-order chi connectivity index (χ0) is 11.3. The summed E-state index contributed by atoms with van der Waals surface area (Å²) in [5.41, 5.74) is 0. The second-order valence-corrected chi connectivity index (χ2v) is 5.58. The maximum atomic E-state index is 11.4. The van der Waals surface area contributed by atoms with Crippen molar-refractivity contribution in [1.29, 1.82) is 0 Å². The first kappa shape index (κ1) is 10.5. The molecule has 3 rings (SSSR count). The van der Waals surface area contributed by atoms with E-state index in [0.717, 1.165) is 38.5 Å². The third-order valence-corrected chi connectivity index (χ3v) is 4.41. The number of carboxylic acid groups (broad SMARTS) is 1. The zero-order valence-electron chi connectivity index (χ0n) is 9.38. The Hall–Kier alpha value is -0.610. The fourth-order valence-electron chi connectivity index (χ4n) is 3.62. The highest BCUT2D eigenvalue weighted by Crippen LogP contribution is 2.44. The highest BCUT2D eigenvalue weighted by atomic mass is 16.4. The van der Waals surface area contributed by atoms with Crippen LogP contribution < -0.4 is 0 Å². The van der Waals surface area contributed by atoms with Crippen LogP contribution in [-0.4, -0.2) is 45.3 Å². The Bertz CT molecular complexity index is 289. The van der Waals surface area contributed by atoms with Crippen LogP contribution in [0.4, 0.5) is 0 Å². The van der Waals surface area contributed by atoms with Crippen molar-refractivity contribution in [1.82, 2.24) is 4.90 Å². The summed E-state index contributed by atoms with van der Waals surface area (Å²) in [7, 11) is 0. The SMILES string of the molecule is O=C(O)C(C1CC1)N1C2CCC1CC(O)C2. The second-order valence-electron chi connectivity index (χ2n) is 5.58. The van der Waals surface area contributed by atoms with Gasteiger partial charge < -0.3 is 10.2 Å².